The number of hydrogen-bond donors (Lipinski definition) is 2. The Morgan fingerprint density at radius 1 is 0.911 bits per heavy atom. The van der Waals surface area contributed by atoms with Crippen molar-refractivity contribution < 1.29 is 35.9 Å². The number of ether oxygens (including phenoxy) is 2. The Labute approximate surface area is 327 Å². The summed E-state index contributed by atoms with van der Waals surface area (Å²) in [6, 6.07) is 22.8. The van der Waals surface area contributed by atoms with Crippen molar-refractivity contribution in [1.29, 1.82) is 0 Å². The third kappa shape index (κ3) is 10.3. The number of hydrogen-bond acceptors (Lipinski definition) is 12. The molecule has 1 fully saturated rings. The number of pyridine rings is 1. The SMILES string of the molecule is CCOc1cncc(-c2ccc(CN3CCN(c4ccc(C(=O)NS(=O)(=O)c5ccc(NCCSc6ccccc6)c(C(F)(F)F)c5)nn4)CC3)c(OC)c2)c1. The average molecular weight is 808 g/mol. The lowest BCUT2D eigenvalue weighted by Gasteiger charge is -2.35. The predicted molar refractivity (Wildman–Crippen MR) is 209 cm³/mol. The summed E-state index contributed by atoms with van der Waals surface area (Å²) < 4.78 is 81.2. The normalized spacial score (nSPS) is 13.6. The molecule has 0 atom stereocenters. The van der Waals surface area contributed by atoms with Crippen LogP contribution in [0.25, 0.3) is 11.1 Å². The van der Waals surface area contributed by atoms with Gasteiger partial charge in [0.25, 0.3) is 15.9 Å². The molecule has 3 aromatic carbocycles. The van der Waals surface area contributed by atoms with Gasteiger partial charge in [0.2, 0.25) is 0 Å². The topological polar surface area (TPSA) is 139 Å². The largest absolute Gasteiger partial charge is 0.496 e. The van der Waals surface area contributed by atoms with Crippen LogP contribution in [-0.4, -0.2) is 86.6 Å². The quantitative estimate of drug-likeness (QED) is 0.0870. The van der Waals surface area contributed by atoms with Crippen molar-refractivity contribution >= 4 is 39.2 Å². The van der Waals surface area contributed by atoms with Crippen molar-refractivity contribution in [1.82, 2.24) is 24.8 Å². The van der Waals surface area contributed by atoms with Gasteiger partial charge in [-0.3, -0.25) is 14.7 Å². The predicted octanol–water partition coefficient (Wildman–Crippen LogP) is 6.61. The molecule has 6 rings (SSSR count). The highest BCUT2D eigenvalue weighted by Gasteiger charge is 2.35. The standard InChI is InChI=1S/C39H40F3N7O5S2/c1-3-54-30-21-29(24-43-25-30)27-9-10-28(36(22-27)53-2)26-48-16-18-49(19-17-48)37-14-13-35(45-46-37)38(50)47-56(51,52)32-11-12-34(33(23-32)39(40,41)42)44-15-20-55-31-7-5-4-6-8-31/h4-14,21-25,44H,3,15-20,26H2,1-2H3,(H,47,50). The number of nitrogens with zero attached hydrogens (tertiary/aromatic N) is 5. The minimum absolute atomic E-state index is 0.199. The molecular formula is C39H40F3N7O5S2. The Morgan fingerprint density at radius 3 is 2.39 bits per heavy atom. The number of alkyl halides is 3. The highest BCUT2D eigenvalue weighted by molar-refractivity contribution is 7.99. The number of benzene rings is 3. The van der Waals surface area contributed by atoms with Crippen LogP contribution in [0.15, 0.2) is 107 Å². The fourth-order valence-electron chi connectivity index (χ4n) is 6.05. The molecule has 1 aliphatic heterocycles. The molecule has 0 spiro atoms. The van der Waals surface area contributed by atoms with Gasteiger partial charge in [0.1, 0.15) is 11.5 Å². The molecule has 0 aliphatic carbocycles. The molecule has 1 aliphatic rings. The van der Waals surface area contributed by atoms with Crippen LogP contribution in [0.3, 0.4) is 0 Å². The highest BCUT2D eigenvalue weighted by Crippen LogP contribution is 2.37. The molecule has 0 bridgehead atoms. The molecule has 0 saturated carbocycles. The number of piperazine rings is 1. The first kappa shape index (κ1) is 40.3. The van der Waals surface area contributed by atoms with Crippen LogP contribution < -0.4 is 24.4 Å². The summed E-state index contributed by atoms with van der Waals surface area (Å²) in [6.07, 6.45) is -1.40. The molecule has 1 amide bonds. The number of aromatic nitrogens is 3. The van der Waals surface area contributed by atoms with E-state index in [9.17, 15) is 26.4 Å². The van der Waals surface area contributed by atoms with E-state index in [4.69, 9.17) is 9.47 Å². The Balaban J connectivity index is 1.03. The van der Waals surface area contributed by atoms with Gasteiger partial charge in [-0.25, -0.2) is 13.1 Å². The zero-order valence-electron chi connectivity index (χ0n) is 30.6. The van der Waals surface area contributed by atoms with Gasteiger partial charge in [-0.15, -0.1) is 22.0 Å². The van der Waals surface area contributed by atoms with Gasteiger partial charge >= 0.3 is 6.18 Å². The number of rotatable bonds is 15. The van der Waals surface area contributed by atoms with E-state index in [0.29, 0.717) is 62.7 Å². The summed E-state index contributed by atoms with van der Waals surface area (Å²) in [5.74, 6) is 1.30. The number of nitrogens with one attached hydrogen (secondary N) is 2. The van der Waals surface area contributed by atoms with E-state index in [-0.39, 0.29) is 17.9 Å². The minimum Gasteiger partial charge on any atom is -0.496 e. The number of carbonyl (C=O) groups is 1. The van der Waals surface area contributed by atoms with Crippen molar-refractivity contribution in [2.24, 2.45) is 0 Å². The van der Waals surface area contributed by atoms with Crippen LogP contribution >= 0.6 is 11.8 Å². The molecule has 12 nitrogen and oxygen atoms in total. The Hall–Kier alpha value is -5.39. The summed E-state index contributed by atoms with van der Waals surface area (Å²) in [6.45, 7) is 5.96. The van der Waals surface area contributed by atoms with E-state index in [1.807, 2.05) is 71.1 Å². The van der Waals surface area contributed by atoms with E-state index in [2.05, 4.69) is 25.4 Å². The Bertz CT molecular complexity index is 2220. The second-order valence-electron chi connectivity index (χ2n) is 12.6. The number of methoxy groups -OCH3 is 1. The van der Waals surface area contributed by atoms with E-state index >= 15 is 0 Å². The number of anilines is 2. The van der Waals surface area contributed by atoms with Crippen molar-refractivity contribution in [3.63, 3.8) is 0 Å². The third-order valence-electron chi connectivity index (χ3n) is 8.88. The molecule has 17 heteroatoms. The van der Waals surface area contributed by atoms with Gasteiger partial charge in [0.05, 0.1) is 30.4 Å². The van der Waals surface area contributed by atoms with E-state index in [1.165, 1.54) is 17.8 Å². The van der Waals surface area contributed by atoms with Crippen LogP contribution in [0.1, 0.15) is 28.5 Å². The van der Waals surface area contributed by atoms with Crippen molar-refractivity contribution in [2.45, 2.75) is 29.4 Å². The highest BCUT2D eigenvalue weighted by atomic mass is 32.2. The number of halogens is 3. The number of amides is 1. The van der Waals surface area contributed by atoms with Crippen LogP contribution in [0.2, 0.25) is 0 Å². The maximum atomic E-state index is 14.0. The molecule has 294 valence electrons. The summed E-state index contributed by atoms with van der Waals surface area (Å²) in [4.78, 5) is 21.7. The van der Waals surface area contributed by atoms with E-state index in [0.717, 1.165) is 39.5 Å². The first-order valence-corrected chi connectivity index (χ1v) is 20.2. The lowest BCUT2D eigenvalue weighted by Crippen LogP contribution is -2.46. The fraction of sp³-hybridized carbons (Fsp3) is 0.282. The average Bonchev–Trinajstić information content (AvgIpc) is 3.20. The molecule has 56 heavy (non-hydrogen) atoms. The molecule has 0 radical (unpaired) electrons. The molecule has 1 saturated heterocycles. The zero-order valence-corrected chi connectivity index (χ0v) is 32.3. The van der Waals surface area contributed by atoms with Gasteiger partial charge in [-0.05, 0) is 67.1 Å². The van der Waals surface area contributed by atoms with Crippen LogP contribution in [-0.2, 0) is 22.7 Å². The van der Waals surface area contributed by atoms with Gasteiger partial charge < -0.3 is 19.7 Å². The molecule has 3 heterocycles. The van der Waals surface area contributed by atoms with Crippen LogP contribution in [0, 0.1) is 0 Å². The second kappa shape index (κ2) is 18.0. The van der Waals surface area contributed by atoms with E-state index in [1.54, 1.807) is 25.6 Å². The third-order valence-corrected chi connectivity index (χ3v) is 11.2. The van der Waals surface area contributed by atoms with Gasteiger partial charge in [0.15, 0.2) is 11.5 Å². The van der Waals surface area contributed by atoms with Gasteiger partial charge in [-0.2, -0.15) is 13.2 Å². The van der Waals surface area contributed by atoms with Crippen LogP contribution in [0.5, 0.6) is 11.5 Å². The van der Waals surface area contributed by atoms with Gasteiger partial charge in [0, 0.05) is 72.9 Å². The lowest BCUT2D eigenvalue weighted by atomic mass is 10.0. The smallest absolute Gasteiger partial charge is 0.418 e. The van der Waals surface area contributed by atoms with Crippen molar-refractivity contribution in [3.8, 4) is 22.6 Å². The van der Waals surface area contributed by atoms with Crippen LogP contribution in [0.4, 0.5) is 24.7 Å². The monoisotopic (exact) mass is 807 g/mol. The van der Waals surface area contributed by atoms with Crippen molar-refractivity contribution in [3.05, 3.63) is 114 Å². The zero-order chi connectivity index (χ0) is 39.7. The summed E-state index contributed by atoms with van der Waals surface area (Å²) >= 11 is 1.47. The first-order chi connectivity index (χ1) is 26.9. The first-order valence-electron chi connectivity index (χ1n) is 17.7. The molecule has 2 N–H and O–H groups in total. The molecular weight excluding hydrogens is 768 g/mol. The lowest BCUT2D eigenvalue weighted by molar-refractivity contribution is -0.137. The summed E-state index contributed by atoms with van der Waals surface area (Å²) in [5, 5.41) is 10.8. The fourth-order valence-corrected chi connectivity index (χ4v) is 7.83. The molecule has 0 unspecified atom stereocenters. The summed E-state index contributed by atoms with van der Waals surface area (Å²) in [7, 11) is -3.05. The van der Waals surface area contributed by atoms with Crippen molar-refractivity contribution in [2.75, 3.05) is 62.4 Å². The maximum Gasteiger partial charge on any atom is 0.418 e. The number of carbonyl (C=O) groups excluding carboxylic acids is 1. The minimum atomic E-state index is -4.86. The Morgan fingerprint density at radius 2 is 1.70 bits per heavy atom. The molecule has 2 aromatic heterocycles. The van der Waals surface area contributed by atoms with Gasteiger partial charge in [-0.1, -0.05) is 30.3 Å². The number of thioether (sulfide) groups is 1. The molecule has 5 aromatic rings. The Kier molecular flexibility index (Phi) is 13.0. The number of sulfonamides is 1. The second-order valence-corrected chi connectivity index (χ2v) is 15.5. The summed E-state index contributed by atoms with van der Waals surface area (Å²) in [5.41, 5.74) is 1.16. The maximum absolute atomic E-state index is 14.0. The van der Waals surface area contributed by atoms with E-state index < -0.39 is 32.6 Å².